The second-order valence-corrected chi connectivity index (χ2v) is 7.03. The maximum Gasteiger partial charge on any atom is 0.251 e. The molecular weight excluding hydrogens is 376 g/mol. The third-order valence-electron chi connectivity index (χ3n) is 4.78. The smallest absolute Gasteiger partial charge is 0.251 e. The Kier molecular flexibility index (Phi) is 6.85. The predicted molar refractivity (Wildman–Crippen MR) is 120 cm³/mol. The lowest BCUT2D eigenvalue weighted by molar-refractivity contribution is 0.0963. The van der Waals surface area contributed by atoms with Gasteiger partial charge in [-0.15, -0.1) is 0 Å². The molecule has 1 heterocycles. The molecule has 0 bridgehead atoms. The van der Waals surface area contributed by atoms with E-state index < -0.39 is 0 Å². The van der Waals surface area contributed by atoms with Gasteiger partial charge in [0.2, 0.25) is 0 Å². The molecule has 1 amide bonds. The molecule has 0 saturated carbocycles. The molecule has 30 heavy (non-hydrogen) atoms. The van der Waals surface area contributed by atoms with Gasteiger partial charge in [-0.3, -0.25) is 9.79 Å². The Hall–Kier alpha value is -3.61. The van der Waals surface area contributed by atoms with Crippen molar-refractivity contribution in [3.8, 4) is 5.69 Å². The second kappa shape index (κ2) is 9.73. The average Bonchev–Trinajstić information content (AvgIpc) is 3.11. The number of rotatable bonds is 6. The number of carbonyl (C=O) groups is 1. The van der Waals surface area contributed by atoms with Crippen molar-refractivity contribution >= 4 is 11.9 Å². The molecule has 156 valence electrons. The van der Waals surface area contributed by atoms with Crippen LogP contribution in [-0.4, -0.2) is 35.7 Å². The van der Waals surface area contributed by atoms with Crippen LogP contribution in [0.5, 0.6) is 0 Å². The summed E-state index contributed by atoms with van der Waals surface area (Å²) >= 11 is 0. The average molecular weight is 405 g/mol. The number of aryl methyl sites for hydroxylation is 2. The molecule has 0 fully saturated rings. The van der Waals surface area contributed by atoms with Gasteiger partial charge >= 0.3 is 0 Å². The lowest BCUT2D eigenvalue weighted by Crippen LogP contribution is -2.36. The normalized spacial score (nSPS) is 11.3. The molecule has 1 aromatic heterocycles. The maximum atomic E-state index is 11.8. The minimum atomic E-state index is -0.0971. The Morgan fingerprint density at radius 1 is 1.03 bits per heavy atom. The van der Waals surface area contributed by atoms with Gasteiger partial charge in [0.25, 0.3) is 5.91 Å². The van der Waals surface area contributed by atoms with Crippen molar-refractivity contribution < 1.29 is 4.79 Å². The van der Waals surface area contributed by atoms with Crippen molar-refractivity contribution in [1.29, 1.82) is 0 Å². The van der Waals surface area contributed by atoms with Crippen molar-refractivity contribution in [2.24, 2.45) is 4.99 Å². The van der Waals surface area contributed by atoms with Gasteiger partial charge in [0.15, 0.2) is 5.96 Å². The Morgan fingerprint density at radius 2 is 1.80 bits per heavy atom. The Balaban J connectivity index is 1.66. The number of benzene rings is 2. The van der Waals surface area contributed by atoms with Crippen LogP contribution in [0.4, 0.5) is 0 Å². The first-order valence-electron chi connectivity index (χ1n) is 9.89. The van der Waals surface area contributed by atoms with Crippen LogP contribution in [0.2, 0.25) is 0 Å². The zero-order valence-corrected chi connectivity index (χ0v) is 17.9. The van der Waals surface area contributed by atoms with Crippen LogP contribution in [-0.2, 0) is 13.1 Å². The van der Waals surface area contributed by atoms with Gasteiger partial charge in [-0.05, 0) is 49.2 Å². The Bertz CT molecular complexity index is 1050. The molecule has 3 N–H and O–H groups in total. The molecule has 0 spiro atoms. The molecule has 0 saturated heterocycles. The van der Waals surface area contributed by atoms with Crippen molar-refractivity contribution in [3.05, 3.63) is 82.7 Å². The number of carbonyl (C=O) groups excluding carboxylic acids is 1. The van der Waals surface area contributed by atoms with E-state index in [0.717, 1.165) is 28.2 Å². The largest absolute Gasteiger partial charge is 0.355 e. The summed E-state index contributed by atoms with van der Waals surface area (Å²) in [5.41, 5.74) is 5.89. The van der Waals surface area contributed by atoms with E-state index in [-0.39, 0.29) is 5.91 Å². The van der Waals surface area contributed by atoms with Crippen LogP contribution in [0.3, 0.4) is 0 Å². The molecule has 0 atom stereocenters. The SMILES string of the molecule is CN=C(NCc1cccc(C(=O)NC)c1)NCc1ccccc1-n1nc(C)cc1C. The van der Waals surface area contributed by atoms with Crippen LogP contribution in [0.25, 0.3) is 5.69 Å². The highest BCUT2D eigenvalue weighted by molar-refractivity contribution is 5.94. The molecular formula is C23H28N6O. The molecule has 0 radical (unpaired) electrons. The van der Waals surface area contributed by atoms with Gasteiger partial charge < -0.3 is 16.0 Å². The molecule has 0 aliphatic heterocycles. The first kappa shape index (κ1) is 21.1. The number of aliphatic imine (C=N–C) groups is 1. The van der Waals surface area contributed by atoms with Crippen molar-refractivity contribution in [3.63, 3.8) is 0 Å². The number of amides is 1. The van der Waals surface area contributed by atoms with E-state index in [4.69, 9.17) is 0 Å². The molecule has 2 aromatic carbocycles. The first-order valence-corrected chi connectivity index (χ1v) is 9.89. The fourth-order valence-electron chi connectivity index (χ4n) is 3.29. The monoisotopic (exact) mass is 404 g/mol. The van der Waals surface area contributed by atoms with Crippen molar-refractivity contribution in [1.82, 2.24) is 25.7 Å². The highest BCUT2D eigenvalue weighted by atomic mass is 16.1. The summed E-state index contributed by atoms with van der Waals surface area (Å²) in [6.45, 7) is 5.21. The van der Waals surface area contributed by atoms with E-state index in [9.17, 15) is 4.79 Å². The van der Waals surface area contributed by atoms with E-state index in [1.165, 1.54) is 0 Å². The molecule has 0 unspecified atom stereocenters. The standard InChI is InChI=1S/C23H28N6O/c1-16-12-17(2)29(28-16)21-11-6-5-9-20(21)15-27-23(25-4)26-14-18-8-7-10-19(13-18)22(30)24-3/h5-13H,14-15H2,1-4H3,(H,24,30)(H2,25,26,27). The van der Waals surface area contributed by atoms with Crippen LogP contribution in [0.15, 0.2) is 59.6 Å². The summed E-state index contributed by atoms with van der Waals surface area (Å²) in [5.74, 6) is 0.587. The Morgan fingerprint density at radius 3 is 2.50 bits per heavy atom. The van der Waals surface area contributed by atoms with E-state index in [1.54, 1.807) is 20.2 Å². The van der Waals surface area contributed by atoms with Gasteiger partial charge in [0, 0.05) is 38.4 Å². The minimum Gasteiger partial charge on any atom is -0.355 e. The topological polar surface area (TPSA) is 83.3 Å². The lowest BCUT2D eigenvalue weighted by Gasteiger charge is -2.15. The van der Waals surface area contributed by atoms with Gasteiger partial charge in [0.05, 0.1) is 11.4 Å². The first-order chi connectivity index (χ1) is 14.5. The number of guanidine groups is 1. The van der Waals surface area contributed by atoms with Gasteiger partial charge in [-0.25, -0.2) is 4.68 Å². The number of para-hydroxylation sites is 1. The Labute approximate surface area is 177 Å². The molecule has 0 aliphatic carbocycles. The number of nitrogens with one attached hydrogen (secondary N) is 3. The van der Waals surface area contributed by atoms with Crippen LogP contribution < -0.4 is 16.0 Å². The second-order valence-electron chi connectivity index (χ2n) is 7.03. The maximum absolute atomic E-state index is 11.8. The van der Waals surface area contributed by atoms with E-state index in [1.807, 2.05) is 41.9 Å². The van der Waals surface area contributed by atoms with Crippen LogP contribution >= 0.6 is 0 Å². The summed E-state index contributed by atoms with van der Waals surface area (Å²) < 4.78 is 1.97. The number of hydrogen-bond donors (Lipinski definition) is 3. The molecule has 7 heteroatoms. The van der Waals surface area contributed by atoms with Gasteiger partial charge in [-0.1, -0.05) is 30.3 Å². The number of nitrogens with zero attached hydrogens (tertiary/aromatic N) is 3. The van der Waals surface area contributed by atoms with E-state index in [0.29, 0.717) is 24.6 Å². The van der Waals surface area contributed by atoms with Gasteiger partial charge in [-0.2, -0.15) is 5.10 Å². The summed E-state index contributed by atoms with van der Waals surface area (Å²) in [6.07, 6.45) is 0. The van der Waals surface area contributed by atoms with E-state index >= 15 is 0 Å². The third kappa shape index (κ3) is 5.05. The summed E-state index contributed by atoms with van der Waals surface area (Å²) in [7, 11) is 3.37. The van der Waals surface area contributed by atoms with Gasteiger partial charge in [0.1, 0.15) is 0 Å². The minimum absolute atomic E-state index is 0.0971. The van der Waals surface area contributed by atoms with Crippen LogP contribution in [0, 0.1) is 13.8 Å². The highest BCUT2D eigenvalue weighted by Gasteiger charge is 2.09. The zero-order valence-electron chi connectivity index (χ0n) is 17.9. The molecule has 3 rings (SSSR count). The molecule has 3 aromatic rings. The third-order valence-corrected chi connectivity index (χ3v) is 4.78. The van der Waals surface area contributed by atoms with E-state index in [2.05, 4.69) is 51.2 Å². The molecule has 7 nitrogen and oxygen atoms in total. The van der Waals surface area contributed by atoms with Crippen molar-refractivity contribution in [2.75, 3.05) is 14.1 Å². The fourth-order valence-corrected chi connectivity index (χ4v) is 3.29. The quantitative estimate of drug-likeness (QED) is 0.436. The molecule has 0 aliphatic rings. The zero-order chi connectivity index (χ0) is 21.5. The highest BCUT2D eigenvalue weighted by Crippen LogP contribution is 2.17. The predicted octanol–water partition coefficient (Wildman–Crippen LogP) is 2.71. The fraction of sp³-hybridized carbons (Fsp3) is 0.261. The number of aromatic nitrogens is 2. The van der Waals surface area contributed by atoms with Crippen LogP contribution in [0.1, 0.15) is 32.9 Å². The van der Waals surface area contributed by atoms with Crippen molar-refractivity contribution in [2.45, 2.75) is 26.9 Å². The summed E-state index contributed by atoms with van der Waals surface area (Å²) in [4.78, 5) is 16.1. The summed E-state index contributed by atoms with van der Waals surface area (Å²) in [6, 6.07) is 17.8. The lowest BCUT2D eigenvalue weighted by atomic mass is 10.1. The summed E-state index contributed by atoms with van der Waals surface area (Å²) in [5, 5.41) is 13.9. The number of hydrogen-bond acceptors (Lipinski definition) is 3.